The molecule has 1 amide bonds. The second kappa shape index (κ2) is 5.73. The van der Waals surface area contributed by atoms with E-state index in [4.69, 9.17) is 0 Å². The number of H-pyrrole nitrogens is 1. The average Bonchev–Trinajstić information content (AvgIpc) is 2.88. The van der Waals surface area contributed by atoms with Crippen molar-refractivity contribution in [2.45, 2.75) is 18.9 Å². The molecule has 6 nitrogen and oxygen atoms in total. The lowest BCUT2D eigenvalue weighted by Crippen LogP contribution is -2.49. The number of hydrogen-bond donors (Lipinski definition) is 2. The van der Waals surface area contributed by atoms with Gasteiger partial charge in [-0.2, -0.15) is 0 Å². The molecule has 1 aliphatic rings. The van der Waals surface area contributed by atoms with E-state index < -0.39 is 10.0 Å². The minimum absolute atomic E-state index is 0.0869. The van der Waals surface area contributed by atoms with Gasteiger partial charge in [0.15, 0.2) is 0 Å². The molecule has 1 aliphatic heterocycles. The smallest absolute Gasteiger partial charge is 0.270 e. The molecule has 0 spiro atoms. The molecule has 0 radical (unpaired) electrons. The molecule has 1 aromatic carbocycles. The molecule has 2 N–H and O–H groups in total. The van der Waals surface area contributed by atoms with E-state index >= 15 is 0 Å². The fraction of sp³-hybridized carbons (Fsp3) is 0.400. The maximum Gasteiger partial charge on any atom is 0.270 e. The Hall–Kier alpha value is -1.86. The molecule has 0 unspecified atom stereocenters. The molecule has 1 aromatic heterocycles. The molecular weight excluding hydrogens is 302 g/mol. The van der Waals surface area contributed by atoms with Gasteiger partial charge in [0.25, 0.3) is 5.91 Å². The molecular formula is C15H19N3O3S. The van der Waals surface area contributed by atoms with Crippen molar-refractivity contribution >= 4 is 26.8 Å². The standard InChI is InChI=1S/C15H19N3O3S/c1-22(20,21)17-12-6-4-8-18(10-12)15(19)14-9-11-5-2-3-7-13(11)16-14/h2-3,5,7,9,12,16-17H,4,6,8,10H2,1H3/t12-/m0/s1. The molecule has 118 valence electrons. The Morgan fingerprint density at radius 2 is 2.14 bits per heavy atom. The third-order valence-corrected chi connectivity index (χ3v) is 4.61. The minimum Gasteiger partial charge on any atom is -0.351 e. The number of benzene rings is 1. The van der Waals surface area contributed by atoms with Crippen LogP contribution in [0.4, 0.5) is 0 Å². The first kappa shape index (κ1) is 15.1. The third-order valence-electron chi connectivity index (χ3n) is 3.85. The number of piperidine rings is 1. The van der Waals surface area contributed by atoms with Crippen LogP contribution in [-0.4, -0.2) is 49.6 Å². The summed E-state index contributed by atoms with van der Waals surface area (Å²) in [5.74, 6) is -0.0869. The lowest BCUT2D eigenvalue weighted by atomic mass is 10.1. The molecule has 0 bridgehead atoms. The van der Waals surface area contributed by atoms with Gasteiger partial charge >= 0.3 is 0 Å². The predicted octanol–water partition coefficient (Wildman–Crippen LogP) is 1.32. The van der Waals surface area contributed by atoms with Crippen LogP contribution in [-0.2, 0) is 10.0 Å². The SMILES string of the molecule is CS(=O)(=O)N[C@H]1CCCN(C(=O)c2cc3ccccc3[nH]2)C1. The number of aromatic amines is 1. The Kier molecular flexibility index (Phi) is 3.92. The van der Waals surface area contributed by atoms with Crippen molar-refractivity contribution in [3.63, 3.8) is 0 Å². The maximum absolute atomic E-state index is 12.6. The normalized spacial score (nSPS) is 19.5. The largest absolute Gasteiger partial charge is 0.351 e. The average molecular weight is 321 g/mol. The zero-order valence-corrected chi connectivity index (χ0v) is 13.2. The minimum atomic E-state index is -3.25. The number of nitrogens with zero attached hydrogens (tertiary/aromatic N) is 1. The van der Waals surface area contributed by atoms with Crippen LogP contribution in [0.5, 0.6) is 0 Å². The molecule has 0 saturated carbocycles. The van der Waals surface area contributed by atoms with Crippen LogP contribution >= 0.6 is 0 Å². The van der Waals surface area contributed by atoms with E-state index in [1.807, 2.05) is 30.3 Å². The van der Waals surface area contributed by atoms with Crippen LogP contribution in [0.15, 0.2) is 30.3 Å². The van der Waals surface area contributed by atoms with E-state index in [2.05, 4.69) is 9.71 Å². The number of carbonyl (C=O) groups excluding carboxylic acids is 1. The fourth-order valence-corrected chi connectivity index (χ4v) is 3.72. The molecule has 2 aromatic rings. The Bertz CT molecular complexity index is 764. The number of aromatic nitrogens is 1. The number of nitrogens with one attached hydrogen (secondary N) is 2. The van der Waals surface area contributed by atoms with E-state index in [1.54, 1.807) is 4.90 Å². The Balaban J connectivity index is 1.76. The summed E-state index contributed by atoms with van der Waals surface area (Å²) in [6.07, 6.45) is 2.69. The summed E-state index contributed by atoms with van der Waals surface area (Å²) in [6.45, 7) is 1.05. The van der Waals surface area contributed by atoms with Crippen LogP contribution in [0.2, 0.25) is 0 Å². The van der Waals surface area contributed by atoms with Crippen LogP contribution < -0.4 is 4.72 Å². The van der Waals surface area contributed by atoms with Gasteiger partial charge in [0.05, 0.1) is 6.26 Å². The van der Waals surface area contributed by atoms with Gasteiger partial charge in [-0.25, -0.2) is 13.1 Å². The second-order valence-electron chi connectivity index (χ2n) is 5.75. The molecule has 3 rings (SSSR count). The van der Waals surface area contributed by atoms with Crippen LogP contribution in [0, 0.1) is 0 Å². The van der Waals surface area contributed by atoms with Gasteiger partial charge in [-0.15, -0.1) is 0 Å². The predicted molar refractivity (Wildman–Crippen MR) is 85.2 cm³/mol. The van der Waals surface area contributed by atoms with Gasteiger partial charge < -0.3 is 9.88 Å². The molecule has 2 heterocycles. The number of sulfonamides is 1. The number of carbonyl (C=O) groups is 1. The maximum atomic E-state index is 12.6. The molecule has 7 heteroatoms. The Labute approximate surface area is 129 Å². The lowest BCUT2D eigenvalue weighted by Gasteiger charge is -2.32. The molecule has 1 saturated heterocycles. The molecule has 22 heavy (non-hydrogen) atoms. The molecule has 1 fully saturated rings. The number of rotatable bonds is 3. The topological polar surface area (TPSA) is 82.3 Å². The number of fused-ring (bicyclic) bond motifs is 1. The van der Waals surface area contributed by atoms with E-state index in [0.29, 0.717) is 18.8 Å². The monoisotopic (exact) mass is 321 g/mol. The van der Waals surface area contributed by atoms with Gasteiger partial charge in [-0.3, -0.25) is 4.79 Å². The summed E-state index contributed by atoms with van der Waals surface area (Å²) in [6, 6.07) is 9.35. The first-order valence-corrected chi connectivity index (χ1v) is 9.16. The number of hydrogen-bond acceptors (Lipinski definition) is 3. The summed E-state index contributed by atoms with van der Waals surface area (Å²) >= 11 is 0. The van der Waals surface area contributed by atoms with Crippen LogP contribution in [0.1, 0.15) is 23.3 Å². The zero-order chi connectivity index (χ0) is 15.7. The lowest BCUT2D eigenvalue weighted by molar-refractivity contribution is 0.0698. The van der Waals surface area contributed by atoms with E-state index in [9.17, 15) is 13.2 Å². The quantitative estimate of drug-likeness (QED) is 0.894. The van der Waals surface area contributed by atoms with Gasteiger partial charge in [0.2, 0.25) is 10.0 Å². The highest BCUT2D eigenvalue weighted by Gasteiger charge is 2.26. The first-order chi connectivity index (χ1) is 10.4. The van der Waals surface area contributed by atoms with Crippen molar-refractivity contribution in [2.75, 3.05) is 19.3 Å². The highest BCUT2D eigenvalue weighted by molar-refractivity contribution is 7.88. The summed E-state index contributed by atoms with van der Waals surface area (Å²) in [5.41, 5.74) is 1.47. The zero-order valence-electron chi connectivity index (χ0n) is 12.4. The van der Waals surface area contributed by atoms with Crippen molar-refractivity contribution in [1.29, 1.82) is 0 Å². The number of amides is 1. The van der Waals surface area contributed by atoms with Gasteiger partial charge in [-0.1, -0.05) is 18.2 Å². The van der Waals surface area contributed by atoms with Crippen molar-refractivity contribution in [1.82, 2.24) is 14.6 Å². The van der Waals surface area contributed by atoms with E-state index in [1.165, 1.54) is 0 Å². The summed E-state index contributed by atoms with van der Waals surface area (Å²) in [7, 11) is -3.25. The van der Waals surface area contributed by atoms with Crippen LogP contribution in [0.3, 0.4) is 0 Å². The summed E-state index contributed by atoms with van der Waals surface area (Å²) in [4.78, 5) is 17.4. The number of likely N-dealkylation sites (tertiary alicyclic amines) is 1. The summed E-state index contributed by atoms with van der Waals surface area (Å²) in [5, 5.41) is 0.994. The van der Waals surface area contributed by atoms with Crippen molar-refractivity contribution < 1.29 is 13.2 Å². The van der Waals surface area contributed by atoms with Crippen molar-refractivity contribution in [3.05, 3.63) is 36.0 Å². The molecule has 0 aliphatic carbocycles. The fourth-order valence-electron chi connectivity index (χ4n) is 2.92. The van der Waals surface area contributed by atoms with Gasteiger partial charge in [0, 0.05) is 30.0 Å². The highest BCUT2D eigenvalue weighted by atomic mass is 32.2. The Morgan fingerprint density at radius 3 is 2.86 bits per heavy atom. The first-order valence-electron chi connectivity index (χ1n) is 7.27. The van der Waals surface area contributed by atoms with Crippen LogP contribution in [0.25, 0.3) is 10.9 Å². The van der Waals surface area contributed by atoms with Gasteiger partial charge in [0.1, 0.15) is 5.69 Å². The molecule has 1 atom stereocenters. The second-order valence-corrected chi connectivity index (χ2v) is 7.53. The Morgan fingerprint density at radius 1 is 1.36 bits per heavy atom. The van der Waals surface area contributed by atoms with Gasteiger partial charge in [-0.05, 0) is 25.0 Å². The summed E-state index contributed by atoms with van der Waals surface area (Å²) < 4.78 is 25.3. The van der Waals surface area contributed by atoms with E-state index in [-0.39, 0.29) is 11.9 Å². The van der Waals surface area contributed by atoms with Crippen molar-refractivity contribution in [2.24, 2.45) is 0 Å². The van der Waals surface area contributed by atoms with Crippen molar-refractivity contribution in [3.8, 4) is 0 Å². The third kappa shape index (κ3) is 3.31. The number of para-hydroxylation sites is 1. The highest BCUT2D eigenvalue weighted by Crippen LogP contribution is 2.18. The van der Waals surface area contributed by atoms with E-state index in [0.717, 1.165) is 30.0 Å².